The predicted octanol–water partition coefficient (Wildman–Crippen LogP) is 3.28. The van der Waals surface area contributed by atoms with Crippen LogP contribution >= 0.6 is 11.8 Å². The molecular weight excluding hydrogens is 362 g/mol. The van der Waals surface area contributed by atoms with Crippen molar-refractivity contribution in [2.45, 2.75) is 30.2 Å². The maximum Gasteiger partial charge on any atom is 0.251 e. The van der Waals surface area contributed by atoms with E-state index in [0.29, 0.717) is 18.5 Å². The van der Waals surface area contributed by atoms with Crippen LogP contribution in [0.2, 0.25) is 0 Å². The number of thioether (sulfide) groups is 1. The summed E-state index contributed by atoms with van der Waals surface area (Å²) in [6, 6.07) is 9.37. The Labute approximate surface area is 162 Å². The topological polar surface area (TPSA) is 74.6 Å². The van der Waals surface area contributed by atoms with Gasteiger partial charge < -0.3 is 15.1 Å². The van der Waals surface area contributed by atoms with E-state index in [-0.39, 0.29) is 17.9 Å². The average molecular weight is 385 g/mol. The first-order valence-corrected chi connectivity index (χ1v) is 10.3. The highest BCUT2D eigenvalue weighted by Crippen LogP contribution is 2.31. The molecule has 2 aliphatic heterocycles. The SMILES string of the molecule is O=C1CCSc2ccc(C(=O)NC[C@H](c3ccco3)N3CCCC3)cc2N1. The minimum atomic E-state index is -0.142. The third-order valence-corrected chi connectivity index (χ3v) is 6.09. The molecule has 6 nitrogen and oxygen atoms in total. The third kappa shape index (κ3) is 4.20. The van der Waals surface area contributed by atoms with Crippen LogP contribution in [0.4, 0.5) is 5.69 Å². The summed E-state index contributed by atoms with van der Waals surface area (Å²) in [7, 11) is 0. The Kier molecular flexibility index (Phi) is 5.50. The lowest BCUT2D eigenvalue weighted by Crippen LogP contribution is -2.36. The molecule has 2 aliphatic rings. The zero-order chi connectivity index (χ0) is 18.6. The molecule has 0 spiro atoms. The van der Waals surface area contributed by atoms with Crippen molar-refractivity contribution in [3.8, 4) is 0 Å². The zero-order valence-electron chi connectivity index (χ0n) is 15.1. The van der Waals surface area contributed by atoms with E-state index < -0.39 is 0 Å². The minimum Gasteiger partial charge on any atom is -0.468 e. The number of fused-ring (bicyclic) bond motifs is 1. The molecule has 0 aliphatic carbocycles. The van der Waals surface area contributed by atoms with Gasteiger partial charge in [-0.05, 0) is 56.3 Å². The molecule has 2 N–H and O–H groups in total. The molecule has 1 fully saturated rings. The van der Waals surface area contributed by atoms with Crippen LogP contribution in [0.15, 0.2) is 45.9 Å². The van der Waals surface area contributed by atoms with Gasteiger partial charge >= 0.3 is 0 Å². The second-order valence-corrected chi connectivity index (χ2v) is 7.98. The van der Waals surface area contributed by atoms with E-state index in [4.69, 9.17) is 4.42 Å². The molecule has 142 valence electrons. The number of nitrogens with one attached hydrogen (secondary N) is 2. The van der Waals surface area contributed by atoms with Gasteiger partial charge in [0.15, 0.2) is 0 Å². The fraction of sp³-hybridized carbons (Fsp3) is 0.400. The number of carbonyl (C=O) groups is 2. The second-order valence-electron chi connectivity index (χ2n) is 6.84. The molecule has 0 unspecified atom stereocenters. The summed E-state index contributed by atoms with van der Waals surface area (Å²) in [6.07, 6.45) is 4.51. The predicted molar refractivity (Wildman–Crippen MR) is 105 cm³/mol. The first kappa shape index (κ1) is 18.1. The first-order valence-electron chi connectivity index (χ1n) is 9.33. The van der Waals surface area contributed by atoms with Crippen LogP contribution in [-0.2, 0) is 4.79 Å². The van der Waals surface area contributed by atoms with E-state index in [0.717, 1.165) is 35.2 Å². The van der Waals surface area contributed by atoms with Crippen LogP contribution in [0.5, 0.6) is 0 Å². The minimum absolute atomic E-state index is 0.00859. The quantitative estimate of drug-likeness (QED) is 0.826. The third-order valence-electron chi connectivity index (χ3n) is 5.01. The van der Waals surface area contributed by atoms with E-state index >= 15 is 0 Å². The number of hydrogen-bond donors (Lipinski definition) is 2. The number of hydrogen-bond acceptors (Lipinski definition) is 5. The standard InChI is InChI=1S/C20H23N3O3S/c24-19-7-11-27-18-6-5-14(12-15(18)22-19)20(25)21-13-16(17-4-3-10-26-17)23-8-1-2-9-23/h3-6,10,12,16H,1-2,7-9,11,13H2,(H,21,25)(H,22,24)/t16-/m1/s1. The van der Waals surface area contributed by atoms with Crippen molar-refractivity contribution in [3.05, 3.63) is 47.9 Å². The number of furan rings is 1. The van der Waals surface area contributed by atoms with E-state index in [2.05, 4.69) is 15.5 Å². The summed E-state index contributed by atoms with van der Waals surface area (Å²) in [4.78, 5) is 27.8. The highest BCUT2D eigenvalue weighted by atomic mass is 32.2. The van der Waals surface area contributed by atoms with Crippen LogP contribution < -0.4 is 10.6 Å². The van der Waals surface area contributed by atoms with Gasteiger partial charge in [-0.2, -0.15) is 0 Å². The van der Waals surface area contributed by atoms with Crippen LogP contribution in [0.25, 0.3) is 0 Å². The molecule has 0 saturated carbocycles. The van der Waals surface area contributed by atoms with E-state index in [1.165, 1.54) is 12.8 Å². The molecule has 1 aromatic heterocycles. The summed E-state index contributed by atoms with van der Waals surface area (Å²) in [5, 5.41) is 5.92. The summed E-state index contributed by atoms with van der Waals surface area (Å²) < 4.78 is 5.60. The second kappa shape index (κ2) is 8.19. The molecule has 1 aromatic carbocycles. The van der Waals surface area contributed by atoms with Gasteiger partial charge in [0.05, 0.1) is 18.0 Å². The Morgan fingerprint density at radius 2 is 2.15 bits per heavy atom. The Balaban J connectivity index is 1.46. The smallest absolute Gasteiger partial charge is 0.251 e. The lowest BCUT2D eigenvalue weighted by atomic mass is 10.1. The van der Waals surface area contributed by atoms with Crippen molar-refractivity contribution in [1.82, 2.24) is 10.2 Å². The van der Waals surface area contributed by atoms with Gasteiger partial charge in [0, 0.05) is 29.2 Å². The first-order chi connectivity index (χ1) is 13.2. The van der Waals surface area contributed by atoms with Crippen molar-refractivity contribution in [2.75, 3.05) is 30.7 Å². The van der Waals surface area contributed by atoms with Crippen molar-refractivity contribution in [1.29, 1.82) is 0 Å². The van der Waals surface area contributed by atoms with Crippen LogP contribution in [0, 0.1) is 0 Å². The molecule has 1 saturated heterocycles. The molecular formula is C20H23N3O3S. The average Bonchev–Trinajstić information content (AvgIpc) is 3.34. The summed E-state index contributed by atoms with van der Waals surface area (Å²) in [5.41, 5.74) is 1.27. The normalized spacial score (nSPS) is 18.4. The fourth-order valence-corrected chi connectivity index (χ4v) is 4.53. The fourth-order valence-electron chi connectivity index (χ4n) is 3.60. The van der Waals surface area contributed by atoms with Gasteiger partial charge in [-0.1, -0.05) is 0 Å². The number of likely N-dealkylation sites (tertiary alicyclic amines) is 1. The maximum atomic E-state index is 12.7. The van der Waals surface area contributed by atoms with Gasteiger partial charge in [-0.3, -0.25) is 14.5 Å². The molecule has 2 amide bonds. The van der Waals surface area contributed by atoms with E-state index in [1.807, 2.05) is 24.3 Å². The number of nitrogens with zero attached hydrogens (tertiary/aromatic N) is 1. The summed E-state index contributed by atoms with van der Waals surface area (Å²) in [6.45, 7) is 2.53. The molecule has 0 radical (unpaired) electrons. The van der Waals surface area contributed by atoms with E-state index in [9.17, 15) is 9.59 Å². The molecule has 2 aromatic rings. The van der Waals surface area contributed by atoms with Crippen LogP contribution in [0.1, 0.15) is 41.4 Å². The number of anilines is 1. The van der Waals surface area contributed by atoms with Gasteiger partial charge in [0.1, 0.15) is 5.76 Å². The van der Waals surface area contributed by atoms with Gasteiger partial charge in [0.25, 0.3) is 5.91 Å². The molecule has 7 heteroatoms. The van der Waals surface area contributed by atoms with Gasteiger partial charge in [-0.25, -0.2) is 0 Å². The Hall–Kier alpha value is -2.25. The Morgan fingerprint density at radius 1 is 1.30 bits per heavy atom. The van der Waals surface area contributed by atoms with Crippen molar-refractivity contribution in [3.63, 3.8) is 0 Å². The summed E-state index contributed by atoms with van der Waals surface area (Å²) in [5.74, 6) is 1.48. The number of carbonyl (C=O) groups excluding carboxylic acids is 2. The molecule has 27 heavy (non-hydrogen) atoms. The van der Waals surface area contributed by atoms with E-state index in [1.54, 1.807) is 24.1 Å². The van der Waals surface area contributed by atoms with Crippen molar-refractivity contribution >= 4 is 29.3 Å². The van der Waals surface area contributed by atoms with Crippen molar-refractivity contribution < 1.29 is 14.0 Å². The van der Waals surface area contributed by atoms with Crippen molar-refractivity contribution in [2.24, 2.45) is 0 Å². The van der Waals surface area contributed by atoms with Gasteiger partial charge in [-0.15, -0.1) is 11.8 Å². The molecule has 4 rings (SSSR count). The van der Waals surface area contributed by atoms with Gasteiger partial charge in [0.2, 0.25) is 5.91 Å². The zero-order valence-corrected chi connectivity index (χ0v) is 15.9. The van der Waals surface area contributed by atoms with Crippen LogP contribution in [-0.4, -0.2) is 42.1 Å². The number of benzene rings is 1. The Morgan fingerprint density at radius 3 is 2.93 bits per heavy atom. The largest absolute Gasteiger partial charge is 0.468 e. The lowest BCUT2D eigenvalue weighted by molar-refractivity contribution is -0.115. The lowest BCUT2D eigenvalue weighted by Gasteiger charge is -2.26. The summed E-state index contributed by atoms with van der Waals surface area (Å²) >= 11 is 1.63. The Bertz CT molecular complexity index is 816. The molecule has 0 bridgehead atoms. The number of amides is 2. The highest BCUT2D eigenvalue weighted by molar-refractivity contribution is 7.99. The number of rotatable bonds is 5. The molecule has 3 heterocycles. The monoisotopic (exact) mass is 385 g/mol. The highest BCUT2D eigenvalue weighted by Gasteiger charge is 2.26. The molecule has 1 atom stereocenters. The maximum absolute atomic E-state index is 12.7. The van der Waals surface area contributed by atoms with Crippen LogP contribution in [0.3, 0.4) is 0 Å².